The minimum atomic E-state index is -3.38. The van der Waals surface area contributed by atoms with Gasteiger partial charge in [-0.2, -0.15) is 12.7 Å². The third kappa shape index (κ3) is 3.31. The van der Waals surface area contributed by atoms with Crippen LogP contribution in [-0.4, -0.2) is 41.2 Å². The van der Waals surface area contributed by atoms with Crippen LogP contribution in [0.4, 0.5) is 0 Å². The van der Waals surface area contributed by atoms with Crippen LogP contribution in [-0.2, 0) is 16.6 Å². The first-order valence-corrected chi connectivity index (χ1v) is 9.19. The Morgan fingerprint density at radius 1 is 1.36 bits per heavy atom. The van der Waals surface area contributed by atoms with Crippen molar-refractivity contribution in [3.8, 4) is 0 Å². The Bertz CT molecular complexity index is 708. The number of hydrogen-bond donors (Lipinski definition) is 1. The lowest BCUT2D eigenvalue weighted by molar-refractivity contribution is 0.265. The van der Waals surface area contributed by atoms with Gasteiger partial charge in [-0.1, -0.05) is 12.5 Å². The van der Waals surface area contributed by atoms with E-state index in [4.69, 9.17) is 0 Å². The summed E-state index contributed by atoms with van der Waals surface area (Å²) < 4.78 is 30.9. The van der Waals surface area contributed by atoms with Crippen molar-refractivity contribution in [2.75, 3.05) is 13.1 Å². The van der Waals surface area contributed by atoms with Crippen molar-refractivity contribution >= 4 is 15.9 Å². The Hall–Kier alpha value is -1.44. The van der Waals surface area contributed by atoms with Crippen LogP contribution in [0.3, 0.4) is 0 Å². The zero-order valence-electron chi connectivity index (χ0n) is 12.8. The number of piperidine rings is 1. The number of fused-ring (bicyclic) bond motifs is 1. The van der Waals surface area contributed by atoms with Gasteiger partial charge in [-0.25, -0.2) is 9.71 Å². The molecule has 1 saturated heterocycles. The lowest BCUT2D eigenvalue weighted by atomic mass is 10.1. The first-order chi connectivity index (χ1) is 10.6. The summed E-state index contributed by atoms with van der Waals surface area (Å²) in [5.74, 6) is 0. The normalized spacial score (nSPS) is 20.5. The molecule has 7 heteroatoms. The van der Waals surface area contributed by atoms with E-state index in [-0.39, 0.29) is 6.04 Å². The van der Waals surface area contributed by atoms with E-state index >= 15 is 0 Å². The first kappa shape index (κ1) is 15.5. The third-order valence-electron chi connectivity index (χ3n) is 4.13. The molecule has 2 aromatic rings. The van der Waals surface area contributed by atoms with E-state index in [9.17, 15) is 8.42 Å². The maximum absolute atomic E-state index is 12.3. The summed E-state index contributed by atoms with van der Waals surface area (Å²) in [4.78, 5) is 4.47. The molecular weight excluding hydrogens is 300 g/mol. The number of aromatic nitrogens is 2. The molecule has 22 heavy (non-hydrogen) atoms. The van der Waals surface area contributed by atoms with Gasteiger partial charge in [0.15, 0.2) is 0 Å². The summed E-state index contributed by atoms with van der Waals surface area (Å²) in [7, 11) is -3.38. The number of imidazole rings is 1. The Balaban J connectivity index is 1.59. The largest absolute Gasteiger partial charge is 0.307 e. The molecule has 1 unspecified atom stereocenters. The zero-order valence-corrected chi connectivity index (χ0v) is 13.6. The molecule has 0 saturated carbocycles. The molecule has 0 amide bonds. The van der Waals surface area contributed by atoms with Crippen LogP contribution < -0.4 is 4.72 Å². The van der Waals surface area contributed by atoms with Crippen molar-refractivity contribution in [2.24, 2.45) is 0 Å². The highest BCUT2D eigenvalue weighted by Gasteiger charge is 2.28. The van der Waals surface area contributed by atoms with Gasteiger partial charge in [0, 0.05) is 37.9 Å². The lowest BCUT2D eigenvalue weighted by Crippen LogP contribution is -2.48. The summed E-state index contributed by atoms with van der Waals surface area (Å²) in [6, 6.07) is 5.90. The van der Waals surface area contributed by atoms with Crippen molar-refractivity contribution < 1.29 is 8.42 Å². The fourth-order valence-electron chi connectivity index (χ4n) is 2.93. The van der Waals surface area contributed by atoms with Crippen LogP contribution in [0, 0.1) is 0 Å². The van der Waals surface area contributed by atoms with Gasteiger partial charge in [-0.15, -0.1) is 0 Å². The molecule has 6 nitrogen and oxygen atoms in total. The second-order valence-corrected chi connectivity index (χ2v) is 7.51. The van der Waals surface area contributed by atoms with E-state index in [0.29, 0.717) is 19.5 Å². The van der Waals surface area contributed by atoms with Crippen LogP contribution in [0.5, 0.6) is 0 Å². The predicted octanol–water partition coefficient (Wildman–Crippen LogP) is 1.59. The second kappa shape index (κ2) is 6.36. The lowest BCUT2D eigenvalue weighted by Gasteiger charge is -2.32. The molecule has 1 N–H and O–H groups in total. The van der Waals surface area contributed by atoms with Crippen molar-refractivity contribution in [1.29, 1.82) is 0 Å². The van der Waals surface area contributed by atoms with E-state index in [0.717, 1.165) is 30.6 Å². The van der Waals surface area contributed by atoms with Crippen LogP contribution in [0.15, 0.2) is 30.6 Å². The van der Waals surface area contributed by atoms with Crippen LogP contribution in [0.2, 0.25) is 0 Å². The molecule has 1 atom stereocenters. The quantitative estimate of drug-likeness (QED) is 0.909. The summed E-state index contributed by atoms with van der Waals surface area (Å²) in [5, 5.41) is 0. The molecular formula is C15H22N4O2S. The second-order valence-electron chi connectivity index (χ2n) is 5.80. The molecule has 1 fully saturated rings. The van der Waals surface area contributed by atoms with E-state index in [1.165, 1.54) is 0 Å². The monoisotopic (exact) mass is 322 g/mol. The maximum Gasteiger partial charge on any atom is 0.279 e. The molecule has 0 aliphatic carbocycles. The van der Waals surface area contributed by atoms with Crippen LogP contribution in [0.1, 0.15) is 31.9 Å². The Labute approximate surface area is 131 Å². The fraction of sp³-hybridized carbons (Fsp3) is 0.533. The number of hydrogen-bond acceptors (Lipinski definition) is 3. The fourth-order valence-corrected chi connectivity index (χ4v) is 4.40. The topological polar surface area (TPSA) is 66.7 Å². The number of nitrogens with one attached hydrogen (secondary N) is 1. The van der Waals surface area contributed by atoms with E-state index in [1.807, 2.05) is 41.9 Å². The summed E-state index contributed by atoms with van der Waals surface area (Å²) in [6.07, 6.45) is 7.45. The van der Waals surface area contributed by atoms with Crippen LogP contribution in [0.25, 0.3) is 5.65 Å². The molecule has 3 rings (SSSR count). The smallest absolute Gasteiger partial charge is 0.279 e. The zero-order chi connectivity index (χ0) is 15.6. The molecule has 3 heterocycles. The molecule has 120 valence electrons. The van der Waals surface area contributed by atoms with Crippen molar-refractivity contribution in [3.05, 3.63) is 36.3 Å². The van der Waals surface area contributed by atoms with Gasteiger partial charge >= 0.3 is 0 Å². The minimum absolute atomic E-state index is 0.0847. The van der Waals surface area contributed by atoms with Gasteiger partial charge in [0.2, 0.25) is 0 Å². The van der Waals surface area contributed by atoms with Gasteiger partial charge in [0.05, 0.1) is 5.69 Å². The number of nitrogens with zero attached hydrogens (tertiary/aromatic N) is 3. The highest BCUT2D eigenvalue weighted by molar-refractivity contribution is 7.87. The minimum Gasteiger partial charge on any atom is -0.307 e. The molecule has 1 aliphatic rings. The molecule has 0 radical (unpaired) electrons. The van der Waals surface area contributed by atoms with Crippen molar-refractivity contribution in [2.45, 2.75) is 38.6 Å². The summed E-state index contributed by atoms with van der Waals surface area (Å²) in [5.41, 5.74) is 1.77. The first-order valence-electron chi connectivity index (χ1n) is 7.75. The highest BCUT2D eigenvalue weighted by atomic mass is 32.2. The van der Waals surface area contributed by atoms with Crippen LogP contribution >= 0.6 is 0 Å². The van der Waals surface area contributed by atoms with Gasteiger partial charge in [-0.3, -0.25) is 0 Å². The number of rotatable bonds is 5. The maximum atomic E-state index is 12.3. The van der Waals surface area contributed by atoms with Crippen molar-refractivity contribution in [3.63, 3.8) is 0 Å². The summed E-state index contributed by atoms with van der Waals surface area (Å²) in [6.45, 7) is 2.96. The average molecular weight is 322 g/mol. The van der Waals surface area contributed by atoms with E-state index in [1.54, 1.807) is 4.31 Å². The molecule has 1 aliphatic heterocycles. The molecule has 0 aromatic carbocycles. The molecule has 0 spiro atoms. The van der Waals surface area contributed by atoms with Gasteiger partial charge < -0.3 is 4.40 Å². The molecule has 0 bridgehead atoms. The Morgan fingerprint density at radius 2 is 2.23 bits per heavy atom. The van der Waals surface area contributed by atoms with E-state index in [2.05, 4.69) is 9.71 Å². The molecule has 2 aromatic heterocycles. The van der Waals surface area contributed by atoms with E-state index < -0.39 is 10.2 Å². The Kier molecular flexibility index (Phi) is 4.46. The predicted molar refractivity (Wildman–Crippen MR) is 85.8 cm³/mol. The number of pyridine rings is 1. The van der Waals surface area contributed by atoms with Gasteiger partial charge in [0.25, 0.3) is 10.2 Å². The SMILES string of the molecule is CC1CCCCN1S(=O)(=O)NCCc1cn2ccccc2n1. The third-order valence-corrected chi connectivity index (χ3v) is 5.86. The van der Waals surface area contributed by atoms with Crippen molar-refractivity contribution in [1.82, 2.24) is 18.4 Å². The van der Waals surface area contributed by atoms with Gasteiger partial charge in [-0.05, 0) is 31.9 Å². The van der Waals surface area contributed by atoms with Gasteiger partial charge in [0.1, 0.15) is 5.65 Å². The average Bonchev–Trinajstić information content (AvgIpc) is 2.90. The Morgan fingerprint density at radius 3 is 3.00 bits per heavy atom. The standard InChI is InChI=1S/C15H22N4O2S/c1-13-6-2-5-11-19(13)22(20,21)16-9-8-14-12-18-10-4-3-7-15(18)17-14/h3-4,7,10,12-13,16H,2,5-6,8-9,11H2,1H3. The summed E-state index contributed by atoms with van der Waals surface area (Å²) >= 11 is 0. The highest BCUT2D eigenvalue weighted by Crippen LogP contribution is 2.18.